The van der Waals surface area contributed by atoms with E-state index in [-0.39, 0.29) is 0 Å². The van der Waals surface area contributed by atoms with Crippen LogP contribution in [-0.4, -0.2) is 40.6 Å². The molecule has 4 nitrogen and oxygen atoms in total. The average molecular weight is 449 g/mol. The van der Waals surface area contributed by atoms with Crippen LogP contribution in [0, 0.1) is 0 Å². The molecule has 0 aliphatic carbocycles. The van der Waals surface area contributed by atoms with E-state index in [0.717, 1.165) is 43.4 Å². The van der Waals surface area contributed by atoms with E-state index in [1.165, 1.54) is 46.8 Å². The van der Waals surface area contributed by atoms with Gasteiger partial charge in [0.25, 0.3) is 0 Å². The molecule has 1 N–H and O–H groups in total. The third kappa shape index (κ3) is 5.08. The molecular formula is C27H33ClN4. The lowest BCUT2D eigenvalue weighted by atomic mass is 10.2. The van der Waals surface area contributed by atoms with Crippen LogP contribution < -0.4 is 5.32 Å². The van der Waals surface area contributed by atoms with E-state index in [1.807, 2.05) is 18.3 Å². The van der Waals surface area contributed by atoms with Crippen LogP contribution >= 0.6 is 11.6 Å². The highest BCUT2D eigenvalue weighted by Crippen LogP contribution is 2.33. The van der Waals surface area contributed by atoms with Gasteiger partial charge in [-0.25, -0.2) is 4.98 Å². The molecule has 0 radical (unpaired) electrons. The van der Waals surface area contributed by atoms with Crippen LogP contribution in [0.1, 0.15) is 38.7 Å². The van der Waals surface area contributed by atoms with Gasteiger partial charge in [0.15, 0.2) is 5.82 Å². The lowest BCUT2D eigenvalue weighted by molar-refractivity contribution is 0.296. The fourth-order valence-electron chi connectivity index (χ4n) is 4.45. The number of rotatable bonds is 11. The predicted molar refractivity (Wildman–Crippen MR) is 138 cm³/mol. The predicted octanol–water partition coefficient (Wildman–Crippen LogP) is 6.82. The van der Waals surface area contributed by atoms with Crippen molar-refractivity contribution in [2.24, 2.45) is 0 Å². The number of hydrogen-bond acceptors (Lipinski definition) is 3. The Morgan fingerprint density at radius 1 is 0.906 bits per heavy atom. The van der Waals surface area contributed by atoms with Crippen molar-refractivity contribution in [3.05, 3.63) is 71.4 Å². The number of pyridine rings is 1. The van der Waals surface area contributed by atoms with Crippen molar-refractivity contribution in [1.29, 1.82) is 0 Å². The molecule has 0 fully saturated rings. The second-order valence-corrected chi connectivity index (χ2v) is 8.74. The first-order valence-corrected chi connectivity index (χ1v) is 12.2. The number of halogens is 1. The highest BCUT2D eigenvalue weighted by atomic mass is 35.5. The highest BCUT2D eigenvalue weighted by Gasteiger charge is 2.15. The molecule has 2 aromatic heterocycles. The largest absolute Gasteiger partial charge is 0.368 e. The number of fused-ring (bicyclic) bond motifs is 3. The van der Waals surface area contributed by atoms with E-state index in [0.29, 0.717) is 0 Å². The minimum atomic E-state index is 0.765. The lowest BCUT2D eigenvalue weighted by Crippen LogP contribution is -2.23. The number of para-hydroxylation sites is 1. The first-order chi connectivity index (χ1) is 15.7. The summed E-state index contributed by atoms with van der Waals surface area (Å²) in [5, 5.41) is 6.91. The van der Waals surface area contributed by atoms with Crippen molar-refractivity contribution in [2.75, 3.05) is 31.5 Å². The second-order valence-electron chi connectivity index (χ2n) is 8.30. The van der Waals surface area contributed by atoms with E-state index in [4.69, 9.17) is 16.6 Å². The molecule has 2 aromatic carbocycles. The number of aromatic nitrogens is 2. The van der Waals surface area contributed by atoms with E-state index in [1.54, 1.807) is 0 Å². The third-order valence-electron chi connectivity index (χ3n) is 6.27. The number of unbranched alkanes of at least 4 members (excludes halogenated alkanes) is 2. The van der Waals surface area contributed by atoms with Crippen molar-refractivity contribution >= 4 is 39.2 Å². The zero-order chi connectivity index (χ0) is 22.3. The van der Waals surface area contributed by atoms with Gasteiger partial charge in [0.1, 0.15) is 0 Å². The fourth-order valence-corrected chi connectivity index (χ4v) is 4.58. The number of benzene rings is 2. The van der Waals surface area contributed by atoms with Crippen LogP contribution in [0.3, 0.4) is 0 Å². The number of nitrogens with zero attached hydrogens (tertiary/aromatic N) is 3. The Bertz CT molecular complexity index is 1150. The molecule has 5 heteroatoms. The van der Waals surface area contributed by atoms with E-state index >= 15 is 0 Å². The van der Waals surface area contributed by atoms with Gasteiger partial charge in [0.2, 0.25) is 0 Å². The summed E-state index contributed by atoms with van der Waals surface area (Å²) in [5.41, 5.74) is 3.63. The molecule has 0 unspecified atom stereocenters. The number of nitrogens with one attached hydrogen (secondary N) is 1. The standard InChI is InChI=1S/C27H33ClN4/c1-3-31(4-2)19-9-5-8-17-29-27-26-24(16-18-30-27)23-10-6-7-11-25(23)32(26)20-21-12-14-22(28)15-13-21/h6-7,10-16,18H,3-5,8-9,17,19-20H2,1-2H3,(H,29,30). The minimum absolute atomic E-state index is 0.765. The summed E-state index contributed by atoms with van der Waals surface area (Å²) in [4.78, 5) is 7.22. The van der Waals surface area contributed by atoms with Gasteiger partial charge in [-0.2, -0.15) is 0 Å². The van der Waals surface area contributed by atoms with Crippen LogP contribution in [0.4, 0.5) is 5.82 Å². The first kappa shape index (κ1) is 22.6. The van der Waals surface area contributed by atoms with Gasteiger partial charge in [-0.3, -0.25) is 0 Å². The summed E-state index contributed by atoms with van der Waals surface area (Å²) >= 11 is 6.11. The van der Waals surface area contributed by atoms with E-state index in [9.17, 15) is 0 Å². The van der Waals surface area contributed by atoms with Crippen LogP contribution in [-0.2, 0) is 6.54 Å². The Balaban J connectivity index is 1.55. The monoisotopic (exact) mass is 448 g/mol. The quantitative estimate of drug-likeness (QED) is 0.256. The van der Waals surface area contributed by atoms with Gasteiger partial charge < -0.3 is 14.8 Å². The summed E-state index contributed by atoms with van der Waals surface area (Å²) in [6.45, 7) is 9.66. The van der Waals surface area contributed by atoms with Gasteiger partial charge in [-0.05, 0) is 62.3 Å². The molecule has 0 aliphatic heterocycles. The van der Waals surface area contributed by atoms with E-state index in [2.05, 4.69) is 71.1 Å². The number of anilines is 1. The molecule has 0 saturated heterocycles. The third-order valence-corrected chi connectivity index (χ3v) is 6.52. The molecule has 4 aromatic rings. The molecule has 0 spiro atoms. The lowest BCUT2D eigenvalue weighted by Gasteiger charge is -2.17. The average Bonchev–Trinajstić information content (AvgIpc) is 3.14. The summed E-state index contributed by atoms with van der Waals surface area (Å²) in [7, 11) is 0. The van der Waals surface area contributed by atoms with Crippen LogP contribution in [0.15, 0.2) is 60.8 Å². The van der Waals surface area contributed by atoms with Crippen LogP contribution in [0.25, 0.3) is 21.8 Å². The Hall–Kier alpha value is -2.56. The first-order valence-electron chi connectivity index (χ1n) is 11.8. The minimum Gasteiger partial charge on any atom is -0.368 e. The molecule has 0 atom stereocenters. The molecule has 168 valence electrons. The van der Waals surface area contributed by atoms with Crippen LogP contribution in [0.2, 0.25) is 5.02 Å². The molecule has 0 amide bonds. The van der Waals surface area contributed by atoms with Gasteiger partial charge >= 0.3 is 0 Å². The molecule has 0 saturated carbocycles. The Kier molecular flexibility index (Phi) is 7.67. The van der Waals surface area contributed by atoms with Crippen molar-refractivity contribution < 1.29 is 0 Å². The number of hydrogen-bond donors (Lipinski definition) is 1. The van der Waals surface area contributed by atoms with Gasteiger partial charge in [0, 0.05) is 40.6 Å². The molecule has 0 bridgehead atoms. The molecule has 32 heavy (non-hydrogen) atoms. The maximum Gasteiger partial charge on any atom is 0.150 e. The summed E-state index contributed by atoms with van der Waals surface area (Å²) in [5.74, 6) is 0.969. The highest BCUT2D eigenvalue weighted by molar-refractivity contribution is 6.30. The molecule has 4 rings (SSSR count). The smallest absolute Gasteiger partial charge is 0.150 e. The maximum atomic E-state index is 6.11. The van der Waals surface area contributed by atoms with E-state index < -0.39 is 0 Å². The molecular weight excluding hydrogens is 416 g/mol. The molecule has 2 heterocycles. The SMILES string of the molecule is CCN(CC)CCCCCNc1nccc2c3ccccc3n(Cc3ccc(Cl)cc3)c12. The molecule has 0 aliphatic rings. The summed E-state index contributed by atoms with van der Waals surface area (Å²) < 4.78 is 2.38. The van der Waals surface area contributed by atoms with Gasteiger partial charge in [-0.15, -0.1) is 0 Å². The summed E-state index contributed by atoms with van der Waals surface area (Å²) in [6, 6.07) is 18.9. The summed E-state index contributed by atoms with van der Waals surface area (Å²) in [6.07, 6.45) is 5.55. The van der Waals surface area contributed by atoms with Crippen molar-refractivity contribution in [3.63, 3.8) is 0 Å². The van der Waals surface area contributed by atoms with Crippen molar-refractivity contribution in [3.8, 4) is 0 Å². The maximum absolute atomic E-state index is 6.11. The zero-order valence-electron chi connectivity index (χ0n) is 19.1. The topological polar surface area (TPSA) is 33.1 Å². The van der Waals surface area contributed by atoms with Crippen molar-refractivity contribution in [2.45, 2.75) is 39.7 Å². The Morgan fingerprint density at radius 2 is 1.69 bits per heavy atom. The van der Waals surface area contributed by atoms with Gasteiger partial charge in [0.05, 0.1) is 5.52 Å². The second kappa shape index (κ2) is 10.8. The zero-order valence-corrected chi connectivity index (χ0v) is 19.9. The van der Waals surface area contributed by atoms with Gasteiger partial charge in [-0.1, -0.05) is 62.2 Å². The Morgan fingerprint density at radius 3 is 2.47 bits per heavy atom. The fraction of sp³-hybridized carbons (Fsp3) is 0.370. The Labute approximate surface area is 196 Å². The van der Waals surface area contributed by atoms with Crippen molar-refractivity contribution in [1.82, 2.24) is 14.5 Å². The van der Waals surface area contributed by atoms with Crippen LogP contribution in [0.5, 0.6) is 0 Å². The normalized spacial score (nSPS) is 11.6.